The van der Waals surface area contributed by atoms with E-state index in [0.717, 1.165) is 0 Å². The molecule has 0 saturated carbocycles. The van der Waals surface area contributed by atoms with E-state index in [2.05, 4.69) is 10.6 Å². The van der Waals surface area contributed by atoms with Crippen molar-refractivity contribution in [3.05, 3.63) is 0 Å². The van der Waals surface area contributed by atoms with Gasteiger partial charge in [0.25, 0.3) is 0 Å². The Morgan fingerprint density at radius 2 is 1.84 bits per heavy atom. The SMILES string of the molecule is CC(C)C(NC(=O)OC(C)(C)C)C(=O)NCCCO. The van der Waals surface area contributed by atoms with Gasteiger partial charge < -0.3 is 20.5 Å². The molecule has 0 radical (unpaired) electrons. The quantitative estimate of drug-likeness (QED) is 0.631. The third kappa shape index (κ3) is 8.42. The van der Waals surface area contributed by atoms with Gasteiger partial charge in [-0.25, -0.2) is 4.79 Å². The van der Waals surface area contributed by atoms with Gasteiger partial charge in [-0.15, -0.1) is 0 Å². The van der Waals surface area contributed by atoms with Gasteiger partial charge in [0.05, 0.1) is 0 Å². The van der Waals surface area contributed by atoms with Crippen LogP contribution in [-0.2, 0) is 9.53 Å². The maximum atomic E-state index is 11.9. The summed E-state index contributed by atoms with van der Waals surface area (Å²) in [5.74, 6) is -0.323. The van der Waals surface area contributed by atoms with Crippen molar-refractivity contribution in [2.24, 2.45) is 5.92 Å². The van der Waals surface area contributed by atoms with E-state index in [-0.39, 0.29) is 18.4 Å². The summed E-state index contributed by atoms with van der Waals surface area (Å²) in [5, 5.41) is 13.9. The number of hydrogen-bond acceptors (Lipinski definition) is 4. The molecule has 1 unspecified atom stereocenters. The highest BCUT2D eigenvalue weighted by Crippen LogP contribution is 2.08. The molecular weight excluding hydrogens is 248 g/mol. The second-order valence-electron chi connectivity index (χ2n) is 5.74. The number of carbonyl (C=O) groups is 2. The van der Waals surface area contributed by atoms with Crippen LogP contribution in [0.2, 0.25) is 0 Å². The fourth-order valence-corrected chi connectivity index (χ4v) is 1.37. The molecule has 0 aliphatic heterocycles. The van der Waals surface area contributed by atoms with Crippen molar-refractivity contribution < 1.29 is 19.4 Å². The topological polar surface area (TPSA) is 87.7 Å². The molecule has 0 aliphatic rings. The molecular formula is C13H26N2O4. The molecule has 3 N–H and O–H groups in total. The number of hydrogen-bond donors (Lipinski definition) is 3. The summed E-state index contributed by atoms with van der Waals surface area (Å²) in [6, 6.07) is -0.645. The monoisotopic (exact) mass is 274 g/mol. The van der Waals surface area contributed by atoms with Crippen LogP contribution < -0.4 is 10.6 Å². The fraction of sp³-hybridized carbons (Fsp3) is 0.846. The highest BCUT2D eigenvalue weighted by Gasteiger charge is 2.26. The van der Waals surface area contributed by atoms with Crippen LogP contribution in [0.4, 0.5) is 4.79 Å². The van der Waals surface area contributed by atoms with Crippen LogP contribution in [0.1, 0.15) is 41.0 Å². The van der Waals surface area contributed by atoms with E-state index in [1.54, 1.807) is 20.8 Å². The van der Waals surface area contributed by atoms with E-state index < -0.39 is 17.7 Å². The van der Waals surface area contributed by atoms with E-state index in [1.165, 1.54) is 0 Å². The van der Waals surface area contributed by atoms with E-state index in [0.29, 0.717) is 13.0 Å². The molecule has 0 rings (SSSR count). The van der Waals surface area contributed by atoms with Gasteiger partial charge in [0, 0.05) is 13.2 Å². The highest BCUT2D eigenvalue weighted by atomic mass is 16.6. The van der Waals surface area contributed by atoms with Crippen molar-refractivity contribution >= 4 is 12.0 Å². The average Bonchev–Trinajstić information content (AvgIpc) is 2.23. The zero-order valence-corrected chi connectivity index (χ0v) is 12.4. The van der Waals surface area contributed by atoms with E-state index in [4.69, 9.17) is 9.84 Å². The Balaban J connectivity index is 4.40. The summed E-state index contributed by atoms with van der Waals surface area (Å²) in [7, 11) is 0. The van der Waals surface area contributed by atoms with Gasteiger partial charge in [0.2, 0.25) is 5.91 Å². The zero-order valence-electron chi connectivity index (χ0n) is 12.4. The third-order valence-electron chi connectivity index (χ3n) is 2.26. The predicted molar refractivity (Wildman–Crippen MR) is 72.7 cm³/mol. The molecule has 0 aromatic carbocycles. The van der Waals surface area contributed by atoms with Crippen molar-refractivity contribution in [3.63, 3.8) is 0 Å². The van der Waals surface area contributed by atoms with Crippen molar-refractivity contribution in [3.8, 4) is 0 Å². The van der Waals surface area contributed by atoms with Crippen molar-refractivity contribution in [1.82, 2.24) is 10.6 Å². The Morgan fingerprint density at radius 3 is 2.26 bits per heavy atom. The van der Waals surface area contributed by atoms with E-state index in [9.17, 15) is 9.59 Å². The van der Waals surface area contributed by atoms with Crippen LogP contribution >= 0.6 is 0 Å². The first-order chi connectivity index (χ1) is 8.67. The lowest BCUT2D eigenvalue weighted by atomic mass is 10.0. The number of alkyl carbamates (subject to hydrolysis) is 1. The van der Waals surface area contributed by atoms with Crippen molar-refractivity contribution in [2.45, 2.75) is 52.7 Å². The van der Waals surface area contributed by atoms with Gasteiger partial charge in [-0.1, -0.05) is 13.8 Å². The summed E-state index contributed by atoms with van der Waals surface area (Å²) in [4.78, 5) is 23.6. The lowest BCUT2D eigenvalue weighted by Crippen LogP contribution is -2.51. The molecule has 0 aromatic heterocycles. The lowest BCUT2D eigenvalue weighted by Gasteiger charge is -2.25. The van der Waals surface area contributed by atoms with Crippen LogP contribution in [0.25, 0.3) is 0 Å². The van der Waals surface area contributed by atoms with Crippen LogP contribution in [0.3, 0.4) is 0 Å². The highest BCUT2D eigenvalue weighted by molar-refractivity contribution is 5.85. The number of aliphatic hydroxyl groups excluding tert-OH is 1. The smallest absolute Gasteiger partial charge is 0.408 e. The Kier molecular flexibility index (Phi) is 7.44. The molecule has 0 spiro atoms. The Labute approximate surface area is 114 Å². The van der Waals surface area contributed by atoms with E-state index in [1.807, 2.05) is 13.8 Å². The number of aliphatic hydroxyl groups is 1. The first-order valence-electron chi connectivity index (χ1n) is 6.55. The number of amides is 2. The van der Waals surface area contributed by atoms with Crippen molar-refractivity contribution in [1.29, 1.82) is 0 Å². The third-order valence-corrected chi connectivity index (χ3v) is 2.26. The fourth-order valence-electron chi connectivity index (χ4n) is 1.37. The predicted octanol–water partition coefficient (Wildman–Crippen LogP) is 1.03. The first kappa shape index (κ1) is 17.7. The summed E-state index contributed by atoms with van der Waals surface area (Å²) in [6.45, 7) is 9.37. The Hall–Kier alpha value is -1.30. The molecule has 2 amide bonds. The molecule has 1 atom stereocenters. The van der Waals surface area contributed by atoms with Crippen molar-refractivity contribution in [2.75, 3.05) is 13.2 Å². The molecule has 6 heteroatoms. The first-order valence-corrected chi connectivity index (χ1v) is 6.55. The van der Waals surface area contributed by atoms with Crippen LogP contribution in [0.15, 0.2) is 0 Å². The van der Waals surface area contributed by atoms with Gasteiger partial charge in [-0.05, 0) is 33.1 Å². The molecule has 0 aromatic rings. The molecule has 19 heavy (non-hydrogen) atoms. The van der Waals surface area contributed by atoms with Crippen LogP contribution in [0.5, 0.6) is 0 Å². The summed E-state index contributed by atoms with van der Waals surface area (Å²) in [5.41, 5.74) is -0.598. The van der Waals surface area contributed by atoms with Crippen LogP contribution in [-0.4, -0.2) is 41.9 Å². The lowest BCUT2D eigenvalue weighted by molar-refractivity contribution is -0.124. The molecule has 112 valence electrons. The van der Waals surface area contributed by atoms with Gasteiger partial charge in [0.15, 0.2) is 0 Å². The second kappa shape index (κ2) is 7.99. The average molecular weight is 274 g/mol. The largest absolute Gasteiger partial charge is 0.444 e. The van der Waals surface area contributed by atoms with Gasteiger partial charge in [-0.3, -0.25) is 4.79 Å². The number of rotatable bonds is 6. The molecule has 0 fully saturated rings. The van der Waals surface area contributed by atoms with Gasteiger partial charge in [0.1, 0.15) is 11.6 Å². The molecule has 0 aliphatic carbocycles. The molecule has 0 heterocycles. The van der Waals surface area contributed by atoms with Crippen LogP contribution in [0, 0.1) is 5.92 Å². The summed E-state index contributed by atoms with van der Waals surface area (Å²) < 4.78 is 5.12. The number of ether oxygens (including phenoxy) is 1. The Bertz CT molecular complexity index is 298. The minimum atomic E-state index is -0.645. The zero-order chi connectivity index (χ0) is 15.1. The van der Waals surface area contributed by atoms with Gasteiger partial charge in [-0.2, -0.15) is 0 Å². The number of nitrogens with one attached hydrogen (secondary N) is 2. The van der Waals surface area contributed by atoms with Gasteiger partial charge >= 0.3 is 6.09 Å². The summed E-state index contributed by atoms with van der Waals surface area (Å²) >= 11 is 0. The van der Waals surface area contributed by atoms with E-state index >= 15 is 0 Å². The Morgan fingerprint density at radius 1 is 1.26 bits per heavy atom. The molecule has 0 saturated heterocycles. The summed E-state index contributed by atoms with van der Waals surface area (Å²) in [6.07, 6.45) is -0.119. The minimum absolute atomic E-state index is 0.0200. The minimum Gasteiger partial charge on any atom is -0.444 e. The normalized spacial score (nSPS) is 13.0. The second-order valence-corrected chi connectivity index (χ2v) is 5.74. The number of carbonyl (C=O) groups excluding carboxylic acids is 2. The molecule has 0 bridgehead atoms. The standard InChI is InChI=1S/C13H26N2O4/c1-9(2)10(11(17)14-7-6-8-16)15-12(18)19-13(3,4)5/h9-10,16H,6-8H2,1-5H3,(H,14,17)(H,15,18). The maximum Gasteiger partial charge on any atom is 0.408 e. The molecule has 6 nitrogen and oxygen atoms in total. The maximum absolute atomic E-state index is 11.9.